The average Bonchev–Trinajstić information content (AvgIpc) is 2.76. The van der Waals surface area contributed by atoms with Crippen LogP contribution in [-0.4, -0.2) is 0 Å². The first-order chi connectivity index (χ1) is 39.8. The van der Waals surface area contributed by atoms with Gasteiger partial charge in [0.25, 0.3) is 0 Å². The minimum absolute atomic E-state index is 0.299. The van der Waals surface area contributed by atoms with Crippen molar-refractivity contribution in [2.75, 3.05) is 14.7 Å². The Labute approximate surface area is 500 Å². The molecule has 0 fully saturated rings. The summed E-state index contributed by atoms with van der Waals surface area (Å²) in [4.78, 5) is 8.67. The Morgan fingerprint density at radius 1 is 0.293 bits per heavy atom. The molecule has 0 saturated carbocycles. The minimum Gasteiger partial charge on any atom is -0.456 e. The molecule has 0 saturated heterocycles. The lowest BCUT2D eigenvalue weighted by Crippen LogP contribution is -2.18. The van der Waals surface area contributed by atoms with Gasteiger partial charge in [-0.05, 0) is 184 Å². The number of anilines is 9. The number of hydrogen-bond acceptors (Lipinski definition) is 7. The first-order valence-electron chi connectivity index (χ1n) is 26.9. The minimum atomic E-state index is 0.299. The Morgan fingerprint density at radius 3 is 1.22 bits per heavy atom. The molecule has 0 amide bonds. The highest BCUT2D eigenvalue weighted by atomic mass is 35.5. The number of nitrogens with zero attached hydrogens (tertiary/aromatic N) is 3. The van der Waals surface area contributed by atoms with E-state index in [9.17, 15) is 0 Å². The quantitative estimate of drug-likeness (QED) is 0.0899. The fraction of sp³-hybridized carbons (Fsp3) is 0.0833. The van der Waals surface area contributed by atoms with Gasteiger partial charge >= 0.3 is 0 Å². The van der Waals surface area contributed by atoms with Crippen molar-refractivity contribution in [3.63, 3.8) is 0 Å². The van der Waals surface area contributed by atoms with Gasteiger partial charge in [0.15, 0.2) is 11.5 Å². The molecule has 0 aromatic heterocycles. The second kappa shape index (κ2) is 24.7. The maximum atomic E-state index is 8.38. The zero-order chi connectivity index (χ0) is 56.9. The molecular weight excluding hydrogens is 1090 g/mol. The van der Waals surface area contributed by atoms with Crippen LogP contribution in [0.1, 0.15) is 33.4 Å². The van der Waals surface area contributed by atoms with Gasteiger partial charge in [-0.2, -0.15) is 0 Å². The van der Waals surface area contributed by atoms with E-state index in [2.05, 4.69) is 159 Å². The van der Waals surface area contributed by atoms with Crippen LogP contribution in [0.25, 0.3) is 0 Å². The van der Waals surface area contributed by atoms with E-state index in [-0.39, 0.29) is 0 Å². The lowest BCUT2D eigenvalue weighted by atomic mass is 10.0. The molecule has 0 atom stereocenters. The number of para-hydroxylation sites is 4. The highest BCUT2D eigenvalue weighted by Crippen LogP contribution is 2.54. The molecule has 406 valence electrons. The smallest absolute Gasteiger partial charge is 0.151 e. The van der Waals surface area contributed by atoms with Crippen LogP contribution in [0.2, 0.25) is 15.1 Å². The summed E-state index contributed by atoms with van der Waals surface area (Å²) >= 11 is 24.6. The van der Waals surface area contributed by atoms with Gasteiger partial charge in [0.2, 0.25) is 0 Å². The monoisotopic (exact) mass is 1150 g/mol. The fourth-order valence-electron chi connectivity index (χ4n) is 10.2. The predicted molar refractivity (Wildman–Crippen MR) is 344 cm³/mol. The van der Waals surface area contributed by atoms with Gasteiger partial charge in [-0.1, -0.05) is 162 Å². The topological polar surface area (TPSA) is 37.4 Å². The van der Waals surface area contributed by atoms with Gasteiger partial charge in [0.05, 0.1) is 32.8 Å². The van der Waals surface area contributed by atoms with E-state index in [0.717, 1.165) is 77.3 Å². The molecule has 0 N–H and O–H groups in total. The van der Waals surface area contributed by atoms with Crippen LogP contribution in [-0.2, 0) is 0 Å². The number of hydrogen-bond donors (Lipinski definition) is 0. The van der Waals surface area contributed by atoms with E-state index in [1.807, 2.05) is 140 Å². The van der Waals surface area contributed by atoms with E-state index in [0.29, 0.717) is 66.6 Å². The van der Waals surface area contributed by atoms with Gasteiger partial charge in [-0.25, -0.2) is 0 Å². The summed E-state index contributed by atoms with van der Waals surface area (Å²) in [6.45, 7) is 12.8. The van der Waals surface area contributed by atoms with Crippen LogP contribution in [0.4, 0.5) is 51.2 Å². The second-order valence-corrected chi connectivity index (χ2v) is 22.5. The van der Waals surface area contributed by atoms with Crippen molar-refractivity contribution in [3.8, 4) is 34.5 Å². The Kier molecular flexibility index (Phi) is 16.6. The molecule has 11 aromatic rings. The summed E-state index contributed by atoms with van der Waals surface area (Å²) in [7, 11) is 0. The van der Waals surface area contributed by atoms with Gasteiger partial charge in [-0.15, -0.1) is 0 Å². The summed E-state index contributed by atoms with van der Waals surface area (Å²) in [6.07, 6.45) is 0. The van der Waals surface area contributed by atoms with Crippen molar-refractivity contribution in [3.05, 3.63) is 291 Å². The lowest BCUT2D eigenvalue weighted by Gasteiger charge is -2.35. The molecule has 0 aliphatic rings. The number of ether oxygens (including phenoxy) is 3. The number of benzene rings is 11. The summed E-state index contributed by atoms with van der Waals surface area (Å²) in [5.41, 5.74) is 13.9. The maximum Gasteiger partial charge on any atom is 0.151 e. The summed E-state index contributed by atoms with van der Waals surface area (Å²) in [5.74, 6) is 3.10. The van der Waals surface area contributed by atoms with E-state index in [4.69, 9.17) is 49.0 Å². The summed E-state index contributed by atoms with van der Waals surface area (Å²) < 4.78 is 20.2. The number of aryl methyl sites for hydroxylation is 6. The van der Waals surface area contributed by atoms with Crippen LogP contribution < -0.4 is 28.9 Å². The van der Waals surface area contributed by atoms with Crippen molar-refractivity contribution in [1.29, 1.82) is 0 Å². The first-order valence-corrected chi connectivity index (χ1v) is 28.9. The zero-order valence-electron chi connectivity index (χ0n) is 46.2. The molecule has 6 nitrogen and oxygen atoms in total. The Morgan fingerprint density at radius 2 is 0.707 bits per heavy atom. The molecule has 0 aliphatic carbocycles. The normalized spacial score (nSPS) is 11.0. The molecule has 0 bridgehead atoms. The third kappa shape index (κ3) is 12.3. The number of rotatable bonds is 17. The highest BCUT2D eigenvalue weighted by molar-refractivity contribution is 7.99. The lowest BCUT2D eigenvalue weighted by molar-refractivity contribution is 0.461. The average molecular weight is 1150 g/mol. The maximum absolute atomic E-state index is 8.38. The highest BCUT2D eigenvalue weighted by Gasteiger charge is 2.29. The Bertz CT molecular complexity index is 3930. The standard InChI is InChI=1S/C72H58Cl3N3O3S/c1-47-36-48(2)39-54(38-47)76(55-40-49(3)37-50(4)41-55)56-43-64(77(62-32-18-16-22-51(62)5)53-24-20-29-60(42-53)81-66-34-21-35-69(72(66)75)82-61-30-14-9-15-31-61)70(73)65(44-56)78(63-33-19-17-23-52(63)6)57-45-67(79-58-25-10-7-11-26-58)71(74)68(46-57)80-59-27-12-8-13-28-59/h7-46H,1-6H3. The molecular formula is C72H58Cl3N3O3S. The van der Waals surface area contributed by atoms with Crippen LogP contribution in [0.15, 0.2) is 252 Å². The van der Waals surface area contributed by atoms with Crippen LogP contribution in [0.3, 0.4) is 0 Å². The third-order valence-corrected chi connectivity index (χ3v) is 16.1. The second-order valence-electron chi connectivity index (χ2n) is 20.2. The van der Waals surface area contributed by atoms with E-state index >= 15 is 0 Å². The predicted octanol–water partition coefficient (Wildman–Crippen LogP) is 23.4. The molecule has 0 heterocycles. The first kappa shape index (κ1) is 55.4. The molecule has 11 rings (SSSR count). The van der Waals surface area contributed by atoms with Crippen molar-refractivity contribution < 1.29 is 14.2 Å². The molecule has 0 unspecified atom stereocenters. The summed E-state index contributed by atoms with van der Waals surface area (Å²) in [5, 5.41) is 1.26. The number of halogens is 3. The molecule has 11 aromatic carbocycles. The van der Waals surface area contributed by atoms with Gasteiger partial charge in [0, 0.05) is 56.4 Å². The molecule has 0 aliphatic heterocycles. The Hall–Kier alpha value is -8.56. The molecule has 82 heavy (non-hydrogen) atoms. The fourth-order valence-corrected chi connectivity index (χ4v) is 11.9. The van der Waals surface area contributed by atoms with Crippen LogP contribution in [0.5, 0.6) is 34.5 Å². The zero-order valence-corrected chi connectivity index (χ0v) is 49.3. The molecule has 0 spiro atoms. The van der Waals surface area contributed by atoms with Crippen molar-refractivity contribution in [2.24, 2.45) is 0 Å². The van der Waals surface area contributed by atoms with Gasteiger partial charge in [-0.3, -0.25) is 0 Å². The third-order valence-electron chi connectivity index (χ3n) is 13.8. The van der Waals surface area contributed by atoms with E-state index in [1.54, 1.807) is 11.8 Å². The van der Waals surface area contributed by atoms with Crippen molar-refractivity contribution in [1.82, 2.24) is 0 Å². The van der Waals surface area contributed by atoms with E-state index in [1.165, 1.54) is 0 Å². The van der Waals surface area contributed by atoms with E-state index < -0.39 is 0 Å². The van der Waals surface area contributed by atoms with Gasteiger partial charge < -0.3 is 28.9 Å². The largest absolute Gasteiger partial charge is 0.456 e. The molecule has 10 heteroatoms. The van der Waals surface area contributed by atoms with Crippen molar-refractivity contribution >= 4 is 97.8 Å². The van der Waals surface area contributed by atoms with Crippen molar-refractivity contribution in [2.45, 2.75) is 51.3 Å². The SMILES string of the molecule is Cc1cc(C)cc(N(c2cc(C)cc(C)c2)c2cc(N(c3cccc(Oc4cccc(Sc5ccccc5)c4Cl)c3)c3ccccc3C)c(Cl)c(N(c3cc(Oc4ccccc4)c(Cl)c(Oc4ccccc4)c3)c3ccccc3C)c2)c1. The summed E-state index contributed by atoms with van der Waals surface area (Å²) in [6, 6.07) is 81.6. The van der Waals surface area contributed by atoms with Crippen LogP contribution in [0, 0.1) is 41.5 Å². The van der Waals surface area contributed by atoms with Gasteiger partial charge in [0.1, 0.15) is 28.0 Å². The van der Waals surface area contributed by atoms with Crippen LogP contribution >= 0.6 is 46.6 Å². The Balaban J connectivity index is 1.19. The molecule has 0 radical (unpaired) electrons.